The lowest BCUT2D eigenvalue weighted by Crippen LogP contribution is -2.17. The summed E-state index contributed by atoms with van der Waals surface area (Å²) in [5.74, 6) is -0.276. The number of phenolic OH excluding ortho intramolecular Hbond substituents is 2. The number of phenols is 2. The molecule has 6 aromatic carbocycles. The van der Waals surface area contributed by atoms with Gasteiger partial charge >= 0.3 is 0 Å². The molecule has 0 saturated heterocycles. The Kier molecular flexibility index (Phi) is 17.0. The van der Waals surface area contributed by atoms with E-state index >= 15 is 0 Å². The van der Waals surface area contributed by atoms with Crippen molar-refractivity contribution in [1.82, 2.24) is 0 Å². The van der Waals surface area contributed by atoms with Gasteiger partial charge in [0.25, 0.3) is 20.2 Å². The molecule has 0 aliphatic carbocycles. The summed E-state index contributed by atoms with van der Waals surface area (Å²) in [6, 6.07) is 26.4. The van der Waals surface area contributed by atoms with Crippen molar-refractivity contribution in [3.8, 4) is 11.5 Å². The van der Waals surface area contributed by atoms with E-state index in [0.29, 0.717) is 16.9 Å². The van der Waals surface area contributed by atoms with Crippen LogP contribution < -0.4 is 11.5 Å². The molecule has 16 heteroatoms. The molecule has 0 heterocycles. The van der Waals surface area contributed by atoms with Crippen molar-refractivity contribution in [2.24, 2.45) is 28.0 Å². The van der Waals surface area contributed by atoms with Crippen LogP contribution in [0.5, 0.6) is 11.5 Å². The summed E-state index contributed by atoms with van der Waals surface area (Å²) in [4.78, 5) is -0.698. The minimum Gasteiger partial charge on any atom is -0.505 e. The van der Waals surface area contributed by atoms with Crippen molar-refractivity contribution in [1.29, 1.82) is 0 Å². The Morgan fingerprint density at radius 1 is 0.485 bits per heavy atom. The van der Waals surface area contributed by atoms with Crippen molar-refractivity contribution in [3.63, 3.8) is 0 Å². The molecule has 0 amide bonds. The molecular formula is C50H62N4O10S2. The quantitative estimate of drug-likeness (QED) is 0.0184. The summed E-state index contributed by atoms with van der Waals surface area (Å²) in [5, 5.41) is 53.5. The summed E-state index contributed by atoms with van der Waals surface area (Å²) in [6.07, 6.45) is 3.36. The molecule has 0 aromatic heterocycles. The summed E-state index contributed by atoms with van der Waals surface area (Å²) in [5.41, 5.74) is 15.9. The molecule has 6 rings (SSSR count). The Bertz CT molecular complexity index is 2910. The number of nitrogens with two attached hydrogens (primary N) is 2. The van der Waals surface area contributed by atoms with E-state index in [2.05, 4.69) is 37.9 Å². The van der Waals surface area contributed by atoms with Gasteiger partial charge in [0.05, 0.1) is 23.6 Å². The third-order valence-corrected chi connectivity index (χ3v) is 14.6. The second-order valence-corrected chi connectivity index (χ2v) is 19.4. The standard InChI is InChI=1S/C40H53N3O6S.C10H9NO4S/c1-7-24(8-2)37(27-17-19-33(41)31(21-27)38(44)25(9-3)10-4)28-18-20-34(32(22-28)39(45)26(11-5)12-6)42-43-35-23-36(50(47,48)49)29-15-13-14-16-30(29)40(35)46;11-8-5-9(16(13,14)15)6-3-1-2-4-7(6)10(8)12/h13-26,37-39,44-46H,7-12,41H2,1-6H3,(H,47,48,49);1-5,12H,11H2,(H,13,14,15). The summed E-state index contributed by atoms with van der Waals surface area (Å²) in [6.45, 7) is 12.5. The average Bonchev–Trinajstić information content (AvgIpc) is 3.29. The van der Waals surface area contributed by atoms with Gasteiger partial charge in [0.1, 0.15) is 21.2 Å². The number of anilines is 2. The number of hydrogen-bond donors (Lipinski definition) is 8. The van der Waals surface area contributed by atoms with E-state index in [9.17, 15) is 41.8 Å². The molecule has 10 N–H and O–H groups in total. The third kappa shape index (κ3) is 11.1. The van der Waals surface area contributed by atoms with Crippen LogP contribution in [-0.2, 0) is 20.2 Å². The maximum Gasteiger partial charge on any atom is 0.295 e. The first kappa shape index (κ1) is 51.4. The molecule has 0 saturated carbocycles. The van der Waals surface area contributed by atoms with Crippen LogP contribution in [0, 0.1) is 17.8 Å². The predicted molar refractivity (Wildman–Crippen MR) is 261 cm³/mol. The van der Waals surface area contributed by atoms with E-state index in [1.807, 2.05) is 44.2 Å². The molecule has 3 atom stereocenters. The smallest absolute Gasteiger partial charge is 0.295 e. The van der Waals surface area contributed by atoms with Crippen molar-refractivity contribution < 1.29 is 46.4 Å². The van der Waals surface area contributed by atoms with Gasteiger partial charge in [-0.2, -0.15) is 21.9 Å². The molecule has 0 spiro atoms. The van der Waals surface area contributed by atoms with Crippen molar-refractivity contribution in [3.05, 3.63) is 119 Å². The van der Waals surface area contributed by atoms with Gasteiger partial charge in [0.15, 0.2) is 5.75 Å². The first-order chi connectivity index (χ1) is 31.2. The highest BCUT2D eigenvalue weighted by Gasteiger charge is 2.29. The highest BCUT2D eigenvalue weighted by Crippen LogP contribution is 2.45. The number of hydrogen-bond acceptors (Lipinski definition) is 12. The molecule has 14 nitrogen and oxygen atoms in total. The summed E-state index contributed by atoms with van der Waals surface area (Å²) >= 11 is 0. The van der Waals surface area contributed by atoms with Gasteiger partial charge in [-0.15, -0.1) is 5.11 Å². The largest absolute Gasteiger partial charge is 0.505 e. The zero-order valence-electron chi connectivity index (χ0n) is 38.1. The molecule has 354 valence electrons. The van der Waals surface area contributed by atoms with Crippen LogP contribution in [0.15, 0.2) is 117 Å². The average molecular weight is 943 g/mol. The topological polar surface area (TPSA) is 266 Å². The molecule has 0 bridgehead atoms. The fourth-order valence-corrected chi connectivity index (χ4v) is 10.3. The van der Waals surface area contributed by atoms with Crippen molar-refractivity contribution in [2.75, 3.05) is 11.5 Å². The lowest BCUT2D eigenvalue weighted by atomic mass is 9.76. The number of benzene rings is 6. The lowest BCUT2D eigenvalue weighted by Gasteiger charge is -2.30. The fraction of sp³-hybridized carbons (Fsp3) is 0.360. The molecule has 0 aliphatic rings. The second kappa shape index (κ2) is 21.8. The van der Waals surface area contributed by atoms with Gasteiger partial charge in [-0.3, -0.25) is 9.11 Å². The second-order valence-electron chi connectivity index (χ2n) is 16.6. The van der Waals surface area contributed by atoms with Crippen LogP contribution in [-0.4, -0.2) is 46.4 Å². The van der Waals surface area contributed by atoms with Crippen LogP contribution >= 0.6 is 0 Å². The van der Waals surface area contributed by atoms with Crippen LogP contribution in [0.25, 0.3) is 21.5 Å². The Morgan fingerprint density at radius 3 is 1.38 bits per heavy atom. The maximum atomic E-state index is 12.3. The molecule has 0 fully saturated rings. The number of aromatic hydroxyl groups is 2. The van der Waals surface area contributed by atoms with Crippen LogP contribution in [0.1, 0.15) is 120 Å². The van der Waals surface area contributed by atoms with Crippen LogP contribution in [0.2, 0.25) is 0 Å². The predicted octanol–water partition coefficient (Wildman–Crippen LogP) is 11.7. The highest BCUT2D eigenvalue weighted by atomic mass is 32.2. The number of aliphatic hydroxyl groups excluding tert-OH is 2. The number of azo groups is 1. The number of nitrogens with zero attached hydrogens (tertiary/aromatic N) is 2. The third-order valence-electron chi connectivity index (χ3n) is 12.8. The number of aliphatic hydroxyl groups is 2. The van der Waals surface area contributed by atoms with Crippen LogP contribution in [0.3, 0.4) is 0 Å². The SMILES string of the molecule is CCC(CC)C(O)c1cc(C(c2ccc(N=Nc3cc(S(=O)(=O)O)c4ccccc4c3O)c(C(O)C(CC)CC)c2)C(CC)CC)ccc1N.Nc1cc(S(=O)(=O)O)c2ccccc2c1O. The molecular weight excluding hydrogens is 881 g/mol. The maximum absolute atomic E-state index is 12.3. The molecule has 0 aliphatic heterocycles. The van der Waals surface area contributed by atoms with Gasteiger partial charge < -0.3 is 31.9 Å². The molecule has 3 unspecified atom stereocenters. The monoisotopic (exact) mass is 942 g/mol. The van der Waals surface area contributed by atoms with Crippen molar-refractivity contribution >= 4 is 64.5 Å². The Labute approximate surface area is 387 Å². The summed E-state index contributed by atoms with van der Waals surface area (Å²) in [7, 11) is -9.00. The van der Waals surface area contributed by atoms with E-state index in [1.165, 1.54) is 18.2 Å². The minimum atomic E-state index is -4.64. The van der Waals surface area contributed by atoms with Gasteiger partial charge in [-0.25, -0.2) is 0 Å². The molecule has 0 radical (unpaired) electrons. The van der Waals surface area contributed by atoms with E-state index < -0.39 is 37.3 Å². The van der Waals surface area contributed by atoms with Crippen LogP contribution in [0.4, 0.5) is 22.7 Å². The van der Waals surface area contributed by atoms with Gasteiger partial charge in [-0.05, 0) is 53.1 Å². The Balaban J connectivity index is 0.000000426. The summed E-state index contributed by atoms with van der Waals surface area (Å²) < 4.78 is 65.8. The van der Waals surface area contributed by atoms with Gasteiger partial charge in [0.2, 0.25) is 0 Å². The minimum absolute atomic E-state index is 0.0655. The van der Waals surface area contributed by atoms with Crippen molar-refractivity contribution in [2.45, 2.75) is 108 Å². The number of fused-ring (bicyclic) bond motifs is 2. The first-order valence-electron chi connectivity index (χ1n) is 22.3. The molecule has 66 heavy (non-hydrogen) atoms. The van der Waals surface area contributed by atoms with E-state index in [-0.39, 0.29) is 73.0 Å². The Morgan fingerprint density at radius 2 is 0.894 bits per heavy atom. The number of rotatable bonds is 17. The van der Waals surface area contributed by atoms with E-state index in [4.69, 9.17) is 16.0 Å². The first-order valence-corrected chi connectivity index (χ1v) is 25.1. The normalized spacial score (nSPS) is 13.7. The van der Waals surface area contributed by atoms with E-state index in [1.54, 1.807) is 36.4 Å². The highest BCUT2D eigenvalue weighted by molar-refractivity contribution is 7.86. The number of nitrogen functional groups attached to an aromatic ring is 2. The lowest BCUT2D eigenvalue weighted by molar-refractivity contribution is 0.104. The van der Waals surface area contributed by atoms with Gasteiger partial charge in [-0.1, -0.05) is 153 Å². The van der Waals surface area contributed by atoms with E-state index in [0.717, 1.165) is 67.3 Å². The zero-order chi connectivity index (χ0) is 48.7. The molecule has 6 aromatic rings. The Hall–Kier alpha value is -5.62. The fourth-order valence-electron chi connectivity index (χ4n) is 8.88. The van der Waals surface area contributed by atoms with Gasteiger partial charge in [0, 0.05) is 44.3 Å². The zero-order valence-corrected chi connectivity index (χ0v) is 39.8.